The average Bonchev–Trinajstić information content (AvgIpc) is 2.89. The van der Waals surface area contributed by atoms with Gasteiger partial charge in [0.2, 0.25) is 0 Å². The zero-order chi connectivity index (χ0) is 14.5. The molecular formula is C16H22FN3. The van der Waals surface area contributed by atoms with Crippen LogP contribution in [0, 0.1) is 5.82 Å². The van der Waals surface area contributed by atoms with E-state index in [-0.39, 0.29) is 11.9 Å². The van der Waals surface area contributed by atoms with Crippen LogP contribution in [-0.4, -0.2) is 15.8 Å². The molecule has 2 atom stereocenters. The maximum absolute atomic E-state index is 13.6. The summed E-state index contributed by atoms with van der Waals surface area (Å²) in [5, 5.41) is 4.53. The zero-order valence-electron chi connectivity index (χ0n) is 12.1. The van der Waals surface area contributed by atoms with Gasteiger partial charge in [-0.1, -0.05) is 25.1 Å². The Bertz CT molecular complexity index is 550. The molecule has 0 spiro atoms. The molecule has 20 heavy (non-hydrogen) atoms. The van der Waals surface area contributed by atoms with E-state index in [4.69, 9.17) is 5.73 Å². The molecule has 1 heterocycles. The van der Waals surface area contributed by atoms with Gasteiger partial charge in [-0.05, 0) is 37.5 Å². The number of nitrogens with zero attached hydrogens (tertiary/aromatic N) is 2. The minimum absolute atomic E-state index is 0.118. The molecule has 108 valence electrons. The average molecular weight is 275 g/mol. The molecule has 0 aliphatic carbocycles. The van der Waals surface area contributed by atoms with Gasteiger partial charge in [0.15, 0.2) is 0 Å². The van der Waals surface area contributed by atoms with E-state index in [2.05, 4.69) is 18.9 Å². The largest absolute Gasteiger partial charge is 0.327 e. The second-order valence-electron chi connectivity index (χ2n) is 5.30. The maximum atomic E-state index is 13.6. The van der Waals surface area contributed by atoms with Gasteiger partial charge in [-0.2, -0.15) is 5.10 Å². The monoisotopic (exact) mass is 275 g/mol. The van der Waals surface area contributed by atoms with Crippen LogP contribution in [0.2, 0.25) is 0 Å². The summed E-state index contributed by atoms with van der Waals surface area (Å²) in [4.78, 5) is 0. The van der Waals surface area contributed by atoms with Crippen LogP contribution in [0.15, 0.2) is 36.5 Å². The van der Waals surface area contributed by atoms with E-state index in [9.17, 15) is 4.39 Å². The molecule has 0 fully saturated rings. The number of hydrogen-bond donors (Lipinski definition) is 1. The Morgan fingerprint density at radius 1 is 1.25 bits per heavy atom. The summed E-state index contributed by atoms with van der Waals surface area (Å²) in [7, 11) is 0. The minimum Gasteiger partial charge on any atom is -0.327 e. The summed E-state index contributed by atoms with van der Waals surface area (Å²) in [6.07, 6.45) is 4.22. The summed E-state index contributed by atoms with van der Waals surface area (Å²) >= 11 is 0. The van der Waals surface area contributed by atoms with E-state index < -0.39 is 0 Å². The highest BCUT2D eigenvalue weighted by molar-refractivity contribution is 5.19. The van der Waals surface area contributed by atoms with Crippen molar-refractivity contribution >= 4 is 0 Å². The molecule has 0 saturated carbocycles. The maximum Gasteiger partial charge on any atom is 0.126 e. The third-order valence-electron chi connectivity index (χ3n) is 3.62. The van der Waals surface area contributed by atoms with Crippen molar-refractivity contribution in [2.45, 2.75) is 45.2 Å². The lowest BCUT2D eigenvalue weighted by Gasteiger charge is -2.11. The first kappa shape index (κ1) is 14.7. The standard InChI is InChI=1S/C16H22FN3/c1-3-12(2)20-9-8-15(19-20)11-14(18)10-13-6-4-5-7-16(13)17/h4-9,12,14H,3,10-11,18H2,1-2H3. The van der Waals surface area contributed by atoms with Gasteiger partial charge in [0, 0.05) is 24.7 Å². The van der Waals surface area contributed by atoms with E-state index >= 15 is 0 Å². The quantitative estimate of drug-likeness (QED) is 0.880. The van der Waals surface area contributed by atoms with Gasteiger partial charge in [-0.25, -0.2) is 4.39 Å². The van der Waals surface area contributed by atoms with E-state index in [1.807, 2.05) is 23.0 Å². The van der Waals surface area contributed by atoms with Gasteiger partial charge in [-0.15, -0.1) is 0 Å². The second kappa shape index (κ2) is 6.66. The van der Waals surface area contributed by atoms with Gasteiger partial charge in [-0.3, -0.25) is 4.68 Å². The van der Waals surface area contributed by atoms with Gasteiger partial charge in [0.1, 0.15) is 5.82 Å². The third kappa shape index (κ3) is 3.67. The van der Waals surface area contributed by atoms with Crippen molar-refractivity contribution in [1.82, 2.24) is 9.78 Å². The van der Waals surface area contributed by atoms with Crippen molar-refractivity contribution in [2.75, 3.05) is 0 Å². The van der Waals surface area contributed by atoms with E-state index in [1.54, 1.807) is 12.1 Å². The van der Waals surface area contributed by atoms with Crippen LogP contribution in [0.3, 0.4) is 0 Å². The van der Waals surface area contributed by atoms with Crippen molar-refractivity contribution in [1.29, 1.82) is 0 Å². The van der Waals surface area contributed by atoms with E-state index in [0.717, 1.165) is 12.1 Å². The van der Waals surface area contributed by atoms with Crippen LogP contribution < -0.4 is 5.73 Å². The smallest absolute Gasteiger partial charge is 0.126 e. The number of nitrogens with two attached hydrogens (primary N) is 1. The summed E-state index contributed by atoms with van der Waals surface area (Å²) < 4.78 is 15.5. The molecule has 0 saturated heterocycles. The van der Waals surface area contributed by atoms with E-state index in [0.29, 0.717) is 24.4 Å². The van der Waals surface area contributed by atoms with Crippen molar-refractivity contribution in [2.24, 2.45) is 5.73 Å². The molecule has 2 N–H and O–H groups in total. The zero-order valence-corrected chi connectivity index (χ0v) is 12.1. The molecule has 0 radical (unpaired) electrons. The molecule has 1 aromatic heterocycles. The number of benzene rings is 1. The summed E-state index contributed by atoms with van der Waals surface area (Å²) in [6, 6.07) is 9.06. The van der Waals surface area contributed by atoms with Gasteiger partial charge < -0.3 is 5.73 Å². The highest BCUT2D eigenvalue weighted by Crippen LogP contribution is 2.13. The highest BCUT2D eigenvalue weighted by Gasteiger charge is 2.11. The lowest BCUT2D eigenvalue weighted by Crippen LogP contribution is -2.26. The highest BCUT2D eigenvalue weighted by atomic mass is 19.1. The lowest BCUT2D eigenvalue weighted by molar-refractivity contribution is 0.471. The molecule has 1 aromatic carbocycles. The normalized spacial score (nSPS) is 14.2. The van der Waals surface area contributed by atoms with Crippen LogP contribution in [0.5, 0.6) is 0 Å². The van der Waals surface area contributed by atoms with Crippen LogP contribution in [-0.2, 0) is 12.8 Å². The molecule has 4 heteroatoms. The predicted molar refractivity (Wildman–Crippen MR) is 79.0 cm³/mol. The predicted octanol–water partition coefficient (Wildman–Crippen LogP) is 3.11. The molecule has 0 amide bonds. The van der Waals surface area contributed by atoms with Gasteiger partial charge in [0.25, 0.3) is 0 Å². The Labute approximate surface area is 119 Å². The minimum atomic E-state index is -0.187. The van der Waals surface area contributed by atoms with Crippen molar-refractivity contribution in [3.63, 3.8) is 0 Å². The number of rotatable bonds is 6. The Kier molecular flexibility index (Phi) is 4.90. The Hall–Kier alpha value is -1.68. The van der Waals surface area contributed by atoms with Gasteiger partial charge >= 0.3 is 0 Å². The summed E-state index contributed by atoms with van der Waals surface area (Å²) in [5.74, 6) is -0.187. The van der Waals surface area contributed by atoms with Gasteiger partial charge in [0.05, 0.1) is 5.69 Å². The van der Waals surface area contributed by atoms with Crippen LogP contribution in [0.25, 0.3) is 0 Å². The van der Waals surface area contributed by atoms with Crippen molar-refractivity contribution in [3.8, 4) is 0 Å². The fourth-order valence-electron chi connectivity index (χ4n) is 2.21. The summed E-state index contributed by atoms with van der Waals surface area (Å²) in [6.45, 7) is 4.27. The molecule has 2 rings (SSSR count). The fraction of sp³-hybridized carbons (Fsp3) is 0.438. The molecule has 0 bridgehead atoms. The van der Waals surface area contributed by atoms with Crippen molar-refractivity contribution in [3.05, 3.63) is 53.6 Å². The van der Waals surface area contributed by atoms with Crippen LogP contribution in [0.1, 0.15) is 37.6 Å². The Morgan fingerprint density at radius 2 is 2.00 bits per heavy atom. The third-order valence-corrected chi connectivity index (χ3v) is 3.62. The number of halogens is 1. The molecule has 0 aliphatic heterocycles. The first-order chi connectivity index (χ1) is 9.60. The second-order valence-corrected chi connectivity index (χ2v) is 5.30. The van der Waals surface area contributed by atoms with Crippen molar-refractivity contribution < 1.29 is 4.39 Å². The molecule has 2 aromatic rings. The first-order valence-corrected chi connectivity index (χ1v) is 7.13. The number of aromatic nitrogens is 2. The first-order valence-electron chi connectivity index (χ1n) is 7.13. The van der Waals surface area contributed by atoms with Crippen LogP contribution in [0.4, 0.5) is 4.39 Å². The Balaban J connectivity index is 1.96. The molecule has 2 unspecified atom stereocenters. The van der Waals surface area contributed by atoms with E-state index in [1.165, 1.54) is 6.07 Å². The summed E-state index contributed by atoms with van der Waals surface area (Å²) in [5.41, 5.74) is 7.74. The molecule has 3 nitrogen and oxygen atoms in total. The topological polar surface area (TPSA) is 43.8 Å². The number of hydrogen-bond acceptors (Lipinski definition) is 2. The molecular weight excluding hydrogens is 253 g/mol. The van der Waals surface area contributed by atoms with Crippen LogP contribution >= 0.6 is 0 Å². The fourth-order valence-corrected chi connectivity index (χ4v) is 2.21. The molecule has 0 aliphatic rings. The Morgan fingerprint density at radius 3 is 2.70 bits per heavy atom. The lowest BCUT2D eigenvalue weighted by atomic mass is 10.0. The SMILES string of the molecule is CCC(C)n1ccc(CC(N)Cc2ccccc2F)n1.